The highest BCUT2D eigenvalue weighted by molar-refractivity contribution is 5.54. The normalized spacial score (nSPS) is 21.6. The Bertz CT molecular complexity index is 781. The molecule has 1 N–H and O–H groups in total. The number of hydrogen-bond donors (Lipinski definition) is 1. The van der Waals surface area contributed by atoms with Gasteiger partial charge in [0.1, 0.15) is 5.75 Å². The van der Waals surface area contributed by atoms with Crippen LogP contribution in [0.2, 0.25) is 0 Å². The number of aliphatic hydroxyl groups is 1. The number of nitrogens with zero attached hydrogens (tertiary/aromatic N) is 1. The summed E-state index contributed by atoms with van der Waals surface area (Å²) in [5.74, 6) is 2.08. The second-order valence-corrected chi connectivity index (χ2v) is 7.85. The van der Waals surface area contributed by atoms with Crippen LogP contribution in [0.5, 0.6) is 5.75 Å². The van der Waals surface area contributed by atoms with E-state index in [0.717, 1.165) is 30.7 Å². The lowest BCUT2D eigenvalue weighted by Gasteiger charge is -2.35. The first kappa shape index (κ1) is 19.7. The minimum absolute atomic E-state index is 0.0916. The fraction of sp³-hybridized carbons (Fsp3) is 0.417. The average Bonchev–Trinajstić information content (AvgIpc) is 2.69. The average molecular weight is 366 g/mol. The molecule has 144 valence electrons. The van der Waals surface area contributed by atoms with Crippen LogP contribution < -0.4 is 4.74 Å². The molecule has 0 bridgehead atoms. The molecule has 0 saturated heterocycles. The van der Waals surface area contributed by atoms with Crippen molar-refractivity contribution in [1.82, 2.24) is 4.90 Å². The molecule has 0 aromatic heterocycles. The van der Waals surface area contributed by atoms with Gasteiger partial charge in [0, 0.05) is 6.54 Å². The van der Waals surface area contributed by atoms with E-state index in [2.05, 4.69) is 55.4 Å². The van der Waals surface area contributed by atoms with Gasteiger partial charge in [0.15, 0.2) is 0 Å². The van der Waals surface area contributed by atoms with Crippen molar-refractivity contribution in [2.75, 3.05) is 27.7 Å². The minimum Gasteiger partial charge on any atom is -0.497 e. The standard InChI is InChI=1S/C24H31NO2/c1-25(2)16-22-11-10-19(12-18-6-4-7-20(13-18)17-26)14-24(22)21-8-5-9-23(15-21)27-3/h4-9,12-13,15,22,24,26H,10-11,14,16-17H2,1-3H3/b19-12+. The van der Waals surface area contributed by atoms with Crippen LogP contribution in [0.1, 0.15) is 41.9 Å². The predicted octanol–water partition coefficient (Wildman–Crippen LogP) is 4.72. The smallest absolute Gasteiger partial charge is 0.119 e. The number of hydrogen-bond acceptors (Lipinski definition) is 3. The molecule has 3 nitrogen and oxygen atoms in total. The van der Waals surface area contributed by atoms with Gasteiger partial charge in [0.2, 0.25) is 0 Å². The lowest BCUT2D eigenvalue weighted by atomic mass is 9.73. The quantitative estimate of drug-likeness (QED) is 0.804. The predicted molar refractivity (Wildman–Crippen MR) is 112 cm³/mol. The highest BCUT2D eigenvalue weighted by Crippen LogP contribution is 2.42. The van der Waals surface area contributed by atoms with Crippen LogP contribution in [0.15, 0.2) is 54.1 Å². The third kappa shape index (κ3) is 5.21. The van der Waals surface area contributed by atoms with Gasteiger partial charge in [-0.2, -0.15) is 0 Å². The van der Waals surface area contributed by atoms with E-state index in [9.17, 15) is 5.11 Å². The molecule has 0 heterocycles. The molecule has 0 radical (unpaired) electrons. The monoisotopic (exact) mass is 365 g/mol. The molecule has 1 fully saturated rings. The molecular formula is C24H31NO2. The Morgan fingerprint density at radius 2 is 1.96 bits per heavy atom. The van der Waals surface area contributed by atoms with Crippen molar-refractivity contribution in [3.63, 3.8) is 0 Å². The van der Waals surface area contributed by atoms with E-state index in [1.165, 1.54) is 23.1 Å². The zero-order valence-electron chi connectivity index (χ0n) is 16.7. The molecule has 0 amide bonds. The first-order valence-corrected chi connectivity index (χ1v) is 9.77. The number of ether oxygens (including phenoxy) is 1. The summed E-state index contributed by atoms with van der Waals surface area (Å²) in [6, 6.07) is 16.8. The van der Waals surface area contributed by atoms with Crippen LogP contribution in [0, 0.1) is 5.92 Å². The summed E-state index contributed by atoms with van der Waals surface area (Å²) in [4.78, 5) is 2.30. The molecule has 2 aromatic carbocycles. The second-order valence-electron chi connectivity index (χ2n) is 7.85. The summed E-state index contributed by atoms with van der Waals surface area (Å²) in [6.07, 6.45) is 5.74. The number of methoxy groups -OCH3 is 1. The molecular weight excluding hydrogens is 334 g/mol. The van der Waals surface area contributed by atoms with Gasteiger partial charge in [-0.25, -0.2) is 0 Å². The molecule has 2 aromatic rings. The summed E-state index contributed by atoms with van der Waals surface area (Å²) in [5, 5.41) is 9.39. The van der Waals surface area contributed by atoms with Gasteiger partial charge in [-0.15, -0.1) is 0 Å². The second kappa shape index (κ2) is 9.20. The number of rotatable bonds is 6. The maximum absolute atomic E-state index is 9.39. The summed E-state index contributed by atoms with van der Waals surface area (Å²) in [6.45, 7) is 1.20. The van der Waals surface area contributed by atoms with E-state index in [1.807, 2.05) is 18.2 Å². The lowest BCUT2D eigenvalue weighted by molar-refractivity contribution is 0.256. The van der Waals surface area contributed by atoms with Gasteiger partial charge in [-0.05, 0) is 80.1 Å². The summed E-state index contributed by atoms with van der Waals surface area (Å²) in [5.41, 5.74) is 5.02. The van der Waals surface area contributed by atoms with Gasteiger partial charge in [0.05, 0.1) is 13.7 Å². The Labute approximate surface area is 163 Å². The molecule has 1 saturated carbocycles. The molecule has 3 rings (SSSR count). The molecule has 0 spiro atoms. The summed E-state index contributed by atoms with van der Waals surface area (Å²) in [7, 11) is 6.06. The lowest BCUT2D eigenvalue weighted by Crippen LogP contribution is -2.29. The molecule has 27 heavy (non-hydrogen) atoms. The molecule has 1 aliphatic rings. The Kier molecular flexibility index (Phi) is 6.70. The highest BCUT2D eigenvalue weighted by atomic mass is 16.5. The Morgan fingerprint density at radius 3 is 2.70 bits per heavy atom. The van der Waals surface area contributed by atoms with Gasteiger partial charge in [0.25, 0.3) is 0 Å². The molecule has 1 aliphatic carbocycles. The van der Waals surface area contributed by atoms with Crippen LogP contribution in [0.3, 0.4) is 0 Å². The third-order valence-electron chi connectivity index (χ3n) is 5.51. The van der Waals surface area contributed by atoms with Gasteiger partial charge in [-0.3, -0.25) is 0 Å². The Balaban J connectivity index is 1.87. The maximum Gasteiger partial charge on any atom is 0.119 e. The molecule has 2 unspecified atom stereocenters. The van der Waals surface area contributed by atoms with Crippen molar-refractivity contribution in [1.29, 1.82) is 0 Å². The molecule has 3 heteroatoms. The van der Waals surface area contributed by atoms with E-state index >= 15 is 0 Å². The fourth-order valence-electron chi connectivity index (χ4n) is 4.22. The Morgan fingerprint density at radius 1 is 1.15 bits per heavy atom. The third-order valence-corrected chi connectivity index (χ3v) is 5.51. The van der Waals surface area contributed by atoms with Crippen LogP contribution in [-0.2, 0) is 6.61 Å². The van der Waals surface area contributed by atoms with Gasteiger partial charge in [-0.1, -0.05) is 42.0 Å². The van der Waals surface area contributed by atoms with Crippen molar-refractivity contribution in [2.45, 2.75) is 31.8 Å². The number of benzene rings is 2. The maximum atomic E-state index is 9.39. The first-order valence-electron chi connectivity index (χ1n) is 9.77. The van der Waals surface area contributed by atoms with Crippen molar-refractivity contribution >= 4 is 6.08 Å². The first-order chi connectivity index (χ1) is 13.1. The van der Waals surface area contributed by atoms with Gasteiger partial charge < -0.3 is 14.7 Å². The SMILES string of the molecule is COc1cccc(C2C/C(=C/c3cccc(CO)c3)CCC2CN(C)C)c1. The summed E-state index contributed by atoms with van der Waals surface area (Å²) >= 11 is 0. The zero-order valence-corrected chi connectivity index (χ0v) is 16.7. The van der Waals surface area contributed by atoms with Crippen LogP contribution in [0.4, 0.5) is 0 Å². The minimum atomic E-state index is 0.0916. The van der Waals surface area contributed by atoms with E-state index in [0.29, 0.717) is 11.8 Å². The van der Waals surface area contributed by atoms with E-state index in [-0.39, 0.29) is 6.61 Å². The fourth-order valence-corrected chi connectivity index (χ4v) is 4.22. The van der Waals surface area contributed by atoms with Crippen LogP contribution in [0.25, 0.3) is 6.08 Å². The topological polar surface area (TPSA) is 32.7 Å². The van der Waals surface area contributed by atoms with Crippen LogP contribution in [-0.4, -0.2) is 37.8 Å². The van der Waals surface area contributed by atoms with Crippen LogP contribution >= 0.6 is 0 Å². The van der Waals surface area contributed by atoms with Gasteiger partial charge >= 0.3 is 0 Å². The highest BCUT2D eigenvalue weighted by Gasteiger charge is 2.29. The zero-order chi connectivity index (χ0) is 19.2. The Hall–Kier alpha value is -2.10. The van der Waals surface area contributed by atoms with Crippen molar-refractivity contribution in [3.05, 3.63) is 70.8 Å². The number of allylic oxidation sites excluding steroid dienone is 1. The van der Waals surface area contributed by atoms with Crippen molar-refractivity contribution in [2.24, 2.45) is 5.92 Å². The van der Waals surface area contributed by atoms with E-state index in [4.69, 9.17) is 4.74 Å². The van der Waals surface area contributed by atoms with E-state index in [1.54, 1.807) is 7.11 Å². The molecule has 0 aliphatic heterocycles. The van der Waals surface area contributed by atoms with Crippen molar-refractivity contribution < 1.29 is 9.84 Å². The number of aliphatic hydroxyl groups excluding tert-OH is 1. The van der Waals surface area contributed by atoms with E-state index < -0.39 is 0 Å². The summed E-state index contributed by atoms with van der Waals surface area (Å²) < 4.78 is 5.46. The largest absolute Gasteiger partial charge is 0.497 e. The van der Waals surface area contributed by atoms with Crippen molar-refractivity contribution in [3.8, 4) is 5.75 Å². The molecule has 2 atom stereocenters.